The molecular weight excluding hydrogens is 542 g/mol. The maximum Gasteiger partial charge on any atom is 1.00 e. The Labute approximate surface area is 264 Å². The van der Waals surface area contributed by atoms with E-state index in [0.717, 1.165) is 17.3 Å². The zero-order valence-corrected chi connectivity index (χ0v) is 26.5. The SMILES string of the molecule is CNc1ncc(-c2cccc(N3CCCC3)c2)s1.O=Cc1cc(F)c(OCOP([O-])[O-])c(C=O)c1.[Na+].[Na+]. The van der Waals surface area contributed by atoms with Crippen molar-refractivity contribution >= 4 is 43.3 Å². The van der Waals surface area contributed by atoms with Gasteiger partial charge in [-0.3, -0.25) is 9.59 Å². The van der Waals surface area contributed by atoms with Gasteiger partial charge in [-0.2, -0.15) is 8.60 Å². The van der Waals surface area contributed by atoms with Gasteiger partial charge in [0.2, 0.25) is 0 Å². The number of nitrogens with zero attached hydrogens (tertiary/aromatic N) is 2. The fraction of sp³-hybridized carbons (Fsp3) is 0.261. The van der Waals surface area contributed by atoms with Crippen LogP contribution in [0.5, 0.6) is 5.75 Å². The summed E-state index contributed by atoms with van der Waals surface area (Å²) in [5, 5.41) is 4.05. The first-order valence-electron chi connectivity index (χ1n) is 10.6. The van der Waals surface area contributed by atoms with Crippen molar-refractivity contribution in [3.63, 3.8) is 0 Å². The predicted molar refractivity (Wildman–Crippen MR) is 129 cm³/mol. The van der Waals surface area contributed by atoms with Crippen LogP contribution >= 0.6 is 19.9 Å². The van der Waals surface area contributed by atoms with E-state index in [2.05, 4.69) is 48.7 Å². The van der Waals surface area contributed by atoms with E-state index in [-0.39, 0.29) is 76.5 Å². The van der Waals surface area contributed by atoms with Gasteiger partial charge >= 0.3 is 59.1 Å². The summed E-state index contributed by atoms with van der Waals surface area (Å²) in [6, 6.07) is 10.7. The predicted octanol–water partition coefficient (Wildman–Crippen LogP) is -2.79. The maximum absolute atomic E-state index is 13.4. The Hall–Kier alpha value is -0.950. The van der Waals surface area contributed by atoms with Gasteiger partial charge in [-0.05, 0) is 42.7 Å². The van der Waals surface area contributed by atoms with Crippen molar-refractivity contribution < 1.29 is 92.1 Å². The quantitative estimate of drug-likeness (QED) is 0.127. The summed E-state index contributed by atoms with van der Waals surface area (Å²) in [5.41, 5.74) is 2.35. The smallest absolute Gasteiger partial charge is 0.820 e. The topological polar surface area (TPSA) is 127 Å². The monoisotopic (exact) mass is 565 g/mol. The van der Waals surface area contributed by atoms with Gasteiger partial charge in [0.1, 0.15) is 6.29 Å². The van der Waals surface area contributed by atoms with E-state index in [9.17, 15) is 23.8 Å². The maximum atomic E-state index is 13.4. The summed E-state index contributed by atoms with van der Waals surface area (Å²) in [5.74, 6) is -1.43. The number of aldehydes is 2. The summed E-state index contributed by atoms with van der Waals surface area (Å²) in [4.78, 5) is 49.2. The van der Waals surface area contributed by atoms with Gasteiger partial charge in [-0.1, -0.05) is 23.5 Å². The van der Waals surface area contributed by atoms with E-state index in [4.69, 9.17) is 0 Å². The fourth-order valence-corrected chi connectivity index (χ4v) is 4.33. The molecule has 0 radical (unpaired) electrons. The molecule has 3 aromatic rings. The van der Waals surface area contributed by atoms with Gasteiger partial charge in [0.15, 0.2) is 29.8 Å². The molecule has 0 bridgehead atoms. The van der Waals surface area contributed by atoms with E-state index in [0.29, 0.717) is 6.29 Å². The standard InChI is InChI=1S/C14H17N3S.C9H6FO6P.2Na/c1-15-14-16-10-13(18-14)11-5-4-6-12(9-11)17-7-2-3-8-17;10-8-2-6(3-11)1-7(4-12)9(8)15-5-16-17(13)14;;/h4-6,9-10H,2-3,7-8H2,1H3,(H,15,16);1-4H,5H2;;/q;-2;2*+1. The largest absolute Gasteiger partial charge is 1.00 e. The summed E-state index contributed by atoms with van der Waals surface area (Å²) in [6.07, 6.45) is 5.22. The molecule has 0 amide bonds. The van der Waals surface area contributed by atoms with Crippen molar-refractivity contribution in [3.8, 4) is 16.2 Å². The van der Waals surface area contributed by atoms with Crippen molar-refractivity contribution in [3.05, 3.63) is 59.5 Å². The average Bonchev–Trinajstić information content (AvgIpc) is 3.57. The number of rotatable bonds is 9. The third-order valence-electron chi connectivity index (χ3n) is 5.04. The van der Waals surface area contributed by atoms with Crippen LogP contribution in [-0.2, 0) is 4.52 Å². The molecule has 0 saturated carbocycles. The summed E-state index contributed by atoms with van der Waals surface area (Å²) in [6.45, 7) is 1.62. The first-order valence-corrected chi connectivity index (χ1v) is 12.5. The number of anilines is 2. The molecule has 186 valence electrons. The van der Waals surface area contributed by atoms with Gasteiger partial charge in [0.25, 0.3) is 0 Å². The Kier molecular flexibility index (Phi) is 16.2. The number of hydrogen-bond acceptors (Lipinski definition) is 10. The van der Waals surface area contributed by atoms with Crippen LogP contribution in [0.1, 0.15) is 33.6 Å². The molecule has 0 atom stereocenters. The molecule has 4 rings (SSSR count). The van der Waals surface area contributed by atoms with Crippen LogP contribution in [0.25, 0.3) is 10.4 Å². The number of ether oxygens (including phenoxy) is 1. The number of nitrogens with one attached hydrogen (secondary N) is 1. The van der Waals surface area contributed by atoms with E-state index in [1.54, 1.807) is 11.3 Å². The summed E-state index contributed by atoms with van der Waals surface area (Å²) in [7, 11) is -1.22. The molecule has 2 aromatic carbocycles. The molecule has 9 nitrogen and oxygen atoms in total. The van der Waals surface area contributed by atoms with Gasteiger partial charge in [0.05, 0.1) is 10.4 Å². The van der Waals surface area contributed by atoms with Crippen molar-refractivity contribution in [2.45, 2.75) is 12.8 Å². The zero-order chi connectivity index (χ0) is 25.2. The number of aromatic nitrogens is 1. The van der Waals surface area contributed by atoms with Gasteiger partial charge in [-0.15, -0.1) is 0 Å². The molecule has 1 aromatic heterocycles. The number of carbonyl (C=O) groups is 2. The Balaban J connectivity index is 0.000000352. The molecule has 1 fully saturated rings. The normalized spacial score (nSPS) is 12.1. The van der Waals surface area contributed by atoms with Crippen LogP contribution in [0.3, 0.4) is 0 Å². The van der Waals surface area contributed by atoms with Crippen LogP contribution in [0.15, 0.2) is 42.6 Å². The first kappa shape index (κ1) is 34.1. The molecule has 0 spiro atoms. The zero-order valence-electron chi connectivity index (χ0n) is 20.8. The number of halogens is 1. The summed E-state index contributed by atoms with van der Waals surface area (Å²) < 4.78 is 22.0. The fourth-order valence-electron chi connectivity index (χ4n) is 3.43. The van der Waals surface area contributed by atoms with Crippen LogP contribution in [0.4, 0.5) is 15.2 Å². The molecular formula is C23H23FN3Na2O6PS. The molecule has 14 heteroatoms. The van der Waals surface area contributed by atoms with E-state index in [1.165, 1.54) is 42.1 Å². The second-order valence-electron chi connectivity index (χ2n) is 7.30. The van der Waals surface area contributed by atoms with Gasteiger partial charge in [-0.25, -0.2) is 9.37 Å². The van der Waals surface area contributed by atoms with Crippen LogP contribution in [-0.4, -0.2) is 44.5 Å². The van der Waals surface area contributed by atoms with Crippen LogP contribution < -0.4 is 83.9 Å². The molecule has 0 unspecified atom stereocenters. The van der Waals surface area contributed by atoms with Gasteiger partial charge < -0.3 is 29.3 Å². The van der Waals surface area contributed by atoms with E-state index >= 15 is 0 Å². The van der Waals surface area contributed by atoms with Crippen LogP contribution in [0, 0.1) is 5.82 Å². The van der Waals surface area contributed by atoms with E-state index < -0.39 is 27.0 Å². The van der Waals surface area contributed by atoms with Crippen molar-refractivity contribution in [2.24, 2.45) is 0 Å². The Morgan fingerprint density at radius 3 is 2.49 bits per heavy atom. The minimum absolute atomic E-state index is 0. The second kappa shape index (κ2) is 17.6. The third kappa shape index (κ3) is 10.3. The minimum atomic E-state index is -3.12. The second-order valence-corrected chi connectivity index (χ2v) is 9.03. The Morgan fingerprint density at radius 1 is 1.16 bits per heavy atom. The molecule has 1 N–H and O–H groups in total. The number of benzene rings is 2. The average molecular weight is 565 g/mol. The van der Waals surface area contributed by atoms with Crippen molar-refractivity contribution in [1.29, 1.82) is 0 Å². The molecule has 2 heterocycles. The Morgan fingerprint density at radius 2 is 1.89 bits per heavy atom. The van der Waals surface area contributed by atoms with Crippen molar-refractivity contribution in [2.75, 3.05) is 37.1 Å². The third-order valence-corrected chi connectivity index (χ3v) is 6.42. The minimum Gasteiger partial charge on any atom is -0.820 e. The molecule has 1 saturated heterocycles. The molecule has 37 heavy (non-hydrogen) atoms. The molecule has 1 aliphatic heterocycles. The van der Waals surface area contributed by atoms with Gasteiger partial charge in [0, 0.05) is 37.6 Å². The first-order chi connectivity index (χ1) is 16.9. The summed E-state index contributed by atoms with van der Waals surface area (Å²) >= 11 is 1.70. The van der Waals surface area contributed by atoms with E-state index in [1.807, 2.05) is 13.2 Å². The molecule has 1 aliphatic rings. The number of hydrogen-bond donors (Lipinski definition) is 1. The molecule has 0 aliphatic carbocycles. The number of thiazole rings is 1. The van der Waals surface area contributed by atoms with Crippen molar-refractivity contribution in [1.82, 2.24) is 4.98 Å². The number of carbonyl (C=O) groups excluding carboxylic acids is 2. The van der Waals surface area contributed by atoms with Crippen LogP contribution in [0.2, 0.25) is 0 Å². The Bertz CT molecular complexity index is 1150.